The minimum Gasteiger partial charge on any atom is -0.408 e. The maximum absolute atomic E-state index is 12.8. The van der Waals surface area contributed by atoms with Crippen LogP contribution in [0.15, 0.2) is 32.3 Å². The molecule has 0 amide bonds. The molecule has 1 aromatic carbocycles. The van der Waals surface area contributed by atoms with Crippen molar-refractivity contribution in [2.24, 2.45) is 0 Å². The van der Waals surface area contributed by atoms with Crippen LogP contribution >= 0.6 is 0 Å². The molecule has 0 aliphatic carbocycles. The van der Waals surface area contributed by atoms with Crippen molar-refractivity contribution in [1.82, 2.24) is 9.29 Å². The third-order valence-electron chi connectivity index (χ3n) is 3.55. The van der Waals surface area contributed by atoms with Crippen molar-refractivity contribution in [3.8, 4) is 0 Å². The van der Waals surface area contributed by atoms with E-state index in [1.165, 1.54) is 22.5 Å². The van der Waals surface area contributed by atoms with Gasteiger partial charge in [-0.1, -0.05) is 0 Å². The highest BCUT2D eigenvalue weighted by molar-refractivity contribution is 7.89. The van der Waals surface area contributed by atoms with Gasteiger partial charge in [-0.15, -0.1) is 0 Å². The Kier molecular flexibility index (Phi) is 3.19. The van der Waals surface area contributed by atoms with Crippen molar-refractivity contribution in [1.29, 1.82) is 0 Å². The molecule has 1 aliphatic heterocycles. The molecule has 0 unspecified atom stereocenters. The Morgan fingerprint density at radius 2 is 2.10 bits per heavy atom. The second-order valence-electron chi connectivity index (χ2n) is 5.61. The number of aromatic nitrogens is 1. The van der Waals surface area contributed by atoms with Gasteiger partial charge in [-0.05, 0) is 32.0 Å². The summed E-state index contributed by atoms with van der Waals surface area (Å²) in [6.07, 6.45) is 0. The average molecular weight is 312 g/mol. The molecule has 7 nitrogen and oxygen atoms in total. The van der Waals surface area contributed by atoms with Crippen molar-refractivity contribution in [2.45, 2.75) is 24.3 Å². The molecule has 1 aliphatic rings. The van der Waals surface area contributed by atoms with E-state index in [4.69, 9.17) is 9.15 Å². The van der Waals surface area contributed by atoms with E-state index in [9.17, 15) is 13.2 Å². The predicted molar refractivity (Wildman–Crippen MR) is 75.6 cm³/mol. The standard InChI is InChI=1S/C13H16N2O5S/c1-13(2)8-19-6-5-15(13)21(17,18)9-3-4-11-10(7-9)14-12(16)20-11/h3-4,7H,5-6,8H2,1-2H3,(H,14,16). The highest BCUT2D eigenvalue weighted by atomic mass is 32.2. The molecule has 0 radical (unpaired) electrons. The van der Waals surface area contributed by atoms with Gasteiger partial charge in [-0.3, -0.25) is 4.98 Å². The number of benzene rings is 1. The van der Waals surface area contributed by atoms with Crippen LogP contribution in [0.2, 0.25) is 0 Å². The maximum Gasteiger partial charge on any atom is 0.417 e. The lowest BCUT2D eigenvalue weighted by molar-refractivity contribution is -0.00770. The molecule has 0 bridgehead atoms. The molecule has 8 heteroatoms. The summed E-state index contributed by atoms with van der Waals surface area (Å²) in [6.45, 7) is 4.66. The number of ether oxygens (including phenoxy) is 1. The van der Waals surface area contributed by atoms with Gasteiger partial charge in [0, 0.05) is 6.54 Å². The summed E-state index contributed by atoms with van der Waals surface area (Å²) in [6, 6.07) is 4.34. The molecule has 3 rings (SSSR count). The first kappa shape index (κ1) is 14.3. The second-order valence-corrected chi connectivity index (χ2v) is 7.48. The highest BCUT2D eigenvalue weighted by Gasteiger charge is 2.39. The number of sulfonamides is 1. The number of oxazole rings is 1. The molecule has 1 fully saturated rings. The molecule has 114 valence electrons. The van der Waals surface area contributed by atoms with E-state index in [2.05, 4.69) is 4.98 Å². The Morgan fingerprint density at radius 1 is 1.33 bits per heavy atom. The summed E-state index contributed by atoms with van der Waals surface area (Å²) >= 11 is 0. The lowest BCUT2D eigenvalue weighted by Crippen LogP contribution is -2.55. The van der Waals surface area contributed by atoms with E-state index in [0.29, 0.717) is 30.9 Å². The van der Waals surface area contributed by atoms with E-state index < -0.39 is 21.3 Å². The Bertz CT molecular complexity index is 834. The van der Waals surface area contributed by atoms with Gasteiger partial charge in [-0.25, -0.2) is 13.2 Å². The lowest BCUT2D eigenvalue weighted by atomic mass is 10.1. The van der Waals surface area contributed by atoms with Gasteiger partial charge in [-0.2, -0.15) is 4.31 Å². The molecule has 2 aromatic rings. The fraction of sp³-hybridized carbons (Fsp3) is 0.462. The summed E-state index contributed by atoms with van der Waals surface area (Å²) in [5.41, 5.74) is 0.0860. The predicted octanol–water partition coefficient (Wildman–Crippen LogP) is 0.921. The van der Waals surface area contributed by atoms with E-state index >= 15 is 0 Å². The number of H-pyrrole nitrogens is 1. The van der Waals surface area contributed by atoms with Crippen molar-refractivity contribution in [3.63, 3.8) is 0 Å². The van der Waals surface area contributed by atoms with Crippen molar-refractivity contribution >= 4 is 21.1 Å². The maximum atomic E-state index is 12.8. The van der Waals surface area contributed by atoms with E-state index in [0.717, 1.165) is 0 Å². The Balaban J connectivity index is 2.08. The quantitative estimate of drug-likeness (QED) is 0.890. The molecule has 0 spiro atoms. The summed E-state index contributed by atoms with van der Waals surface area (Å²) in [5.74, 6) is -0.605. The molecule has 0 saturated carbocycles. The fourth-order valence-corrected chi connectivity index (χ4v) is 4.29. The third-order valence-corrected chi connectivity index (χ3v) is 5.65. The normalized spacial score (nSPS) is 19.9. The van der Waals surface area contributed by atoms with Gasteiger partial charge in [0.25, 0.3) is 0 Å². The van der Waals surface area contributed by atoms with Crippen LogP contribution in [0.3, 0.4) is 0 Å². The van der Waals surface area contributed by atoms with Crippen molar-refractivity contribution in [2.75, 3.05) is 19.8 Å². The first-order valence-electron chi connectivity index (χ1n) is 6.54. The smallest absolute Gasteiger partial charge is 0.408 e. The number of morpholine rings is 1. The van der Waals surface area contributed by atoms with Gasteiger partial charge >= 0.3 is 5.76 Å². The number of hydrogen-bond acceptors (Lipinski definition) is 5. The molecule has 21 heavy (non-hydrogen) atoms. The zero-order valence-electron chi connectivity index (χ0n) is 11.8. The molecule has 1 aromatic heterocycles. The number of nitrogens with one attached hydrogen (secondary N) is 1. The summed E-state index contributed by atoms with van der Waals surface area (Å²) in [7, 11) is -3.66. The van der Waals surface area contributed by atoms with Crippen LogP contribution in [-0.4, -0.2) is 43.0 Å². The second kappa shape index (κ2) is 4.69. The number of fused-ring (bicyclic) bond motifs is 1. The first-order chi connectivity index (χ1) is 9.80. The zero-order valence-corrected chi connectivity index (χ0v) is 12.6. The van der Waals surface area contributed by atoms with Crippen LogP contribution < -0.4 is 5.76 Å². The molecule has 0 atom stereocenters. The van der Waals surface area contributed by atoms with E-state index in [1.807, 2.05) is 13.8 Å². The van der Waals surface area contributed by atoms with Crippen LogP contribution in [0.4, 0.5) is 0 Å². The lowest BCUT2D eigenvalue weighted by Gasteiger charge is -2.40. The van der Waals surface area contributed by atoms with Crippen LogP contribution in [0, 0.1) is 0 Å². The molecule has 1 N–H and O–H groups in total. The van der Waals surface area contributed by atoms with Crippen LogP contribution in [0.5, 0.6) is 0 Å². The van der Waals surface area contributed by atoms with E-state index in [-0.39, 0.29) is 4.90 Å². The minimum atomic E-state index is -3.66. The molecule has 2 heterocycles. The number of hydrogen-bond donors (Lipinski definition) is 1. The van der Waals surface area contributed by atoms with Gasteiger partial charge < -0.3 is 9.15 Å². The van der Waals surface area contributed by atoms with Gasteiger partial charge in [0.2, 0.25) is 10.0 Å². The van der Waals surface area contributed by atoms with Crippen LogP contribution in [-0.2, 0) is 14.8 Å². The minimum absolute atomic E-state index is 0.127. The summed E-state index contributed by atoms with van der Waals surface area (Å²) in [5, 5.41) is 0. The van der Waals surface area contributed by atoms with Gasteiger partial charge in [0.1, 0.15) is 0 Å². The Morgan fingerprint density at radius 3 is 2.81 bits per heavy atom. The Labute approximate surface area is 121 Å². The first-order valence-corrected chi connectivity index (χ1v) is 7.98. The summed E-state index contributed by atoms with van der Waals surface area (Å²) in [4.78, 5) is 13.7. The summed E-state index contributed by atoms with van der Waals surface area (Å²) < 4.78 is 37.3. The Hall–Kier alpha value is -1.64. The molecular weight excluding hydrogens is 296 g/mol. The van der Waals surface area contributed by atoms with Crippen molar-refractivity contribution in [3.05, 3.63) is 28.7 Å². The van der Waals surface area contributed by atoms with Crippen molar-refractivity contribution < 1.29 is 17.6 Å². The highest BCUT2D eigenvalue weighted by Crippen LogP contribution is 2.28. The fourth-order valence-electron chi connectivity index (χ4n) is 2.51. The largest absolute Gasteiger partial charge is 0.417 e. The molecular formula is C13H16N2O5S. The van der Waals surface area contributed by atoms with Gasteiger partial charge in [0.15, 0.2) is 5.58 Å². The van der Waals surface area contributed by atoms with Gasteiger partial charge in [0.05, 0.1) is 29.2 Å². The number of rotatable bonds is 2. The molecule has 1 saturated heterocycles. The number of nitrogens with zero attached hydrogens (tertiary/aromatic N) is 1. The average Bonchev–Trinajstić information content (AvgIpc) is 2.76. The number of aromatic amines is 1. The van der Waals surface area contributed by atoms with E-state index in [1.54, 1.807) is 0 Å². The SMILES string of the molecule is CC1(C)COCCN1S(=O)(=O)c1ccc2oc(=O)[nH]c2c1. The van der Waals surface area contributed by atoms with Crippen LogP contribution in [0.1, 0.15) is 13.8 Å². The topological polar surface area (TPSA) is 92.6 Å². The monoisotopic (exact) mass is 312 g/mol. The van der Waals surface area contributed by atoms with Crippen LogP contribution in [0.25, 0.3) is 11.1 Å². The third kappa shape index (κ3) is 2.39. The zero-order chi connectivity index (χ0) is 15.3.